The van der Waals surface area contributed by atoms with E-state index in [9.17, 15) is 0 Å². The van der Waals surface area contributed by atoms with Crippen molar-refractivity contribution in [1.82, 2.24) is 0 Å². The second-order valence-corrected chi connectivity index (χ2v) is 4.60. The van der Waals surface area contributed by atoms with Crippen LogP contribution >= 0.6 is 0 Å². The summed E-state index contributed by atoms with van der Waals surface area (Å²) in [7, 11) is 0. The molecule has 0 heterocycles. The van der Waals surface area contributed by atoms with E-state index in [1.807, 2.05) is 6.08 Å². The molecule has 0 aromatic rings. The van der Waals surface area contributed by atoms with Gasteiger partial charge in [0.05, 0.1) is 0 Å². The lowest BCUT2D eigenvalue weighted by Gasteiger charge is -1.95. The van der Waals surface area contributed by atoms with Gasteiger partial charge in [-0.25, -0.2) is 0 Å². The lowest BCUT2D eigenvalue weighted by molar-refractivity contribution is 0.637. The Morgan fingerprint density at radius 3 is 2.00 bits per heavy atom. The molecule has 0 aliphatic carbocycles. The quantitative estimate of drug-likeness (QED) is 0.278. The predicted molar refractivity (Wildman–Crippen MR) is 80.3 cm³/mol. The maximum atomic E-state index is 3.72. The standard InChI is InChI=1S/C17H30/c1-3-5-7-9-11-13-15-17-16-14-12-10-8-6-4-2/h3,11,13,16-17H,1,4-10,12,14-15H2,2H3/b13-11+,17-16+. The maximum Gasteiger partial charge on any atom is -0.0169 e. The zero-order chi connectivity index (χ0) is 12.6. The summed E-state index contributed by atoms with van der Waals surface area (Å²) in [5.41, 5.74) is 0. The number of rotatable bonds is 12. The smallest absolute Gasteiger partial charge is 0.0169 e. The van der Waals surface area contributed by atoms with Gasteiger partial charge >= 0.3 is 0 Å². The van der Waals surface area contributed by atoms with Gasteiger partial charge in [-0.05, 0) is 38.5 Å². The third kappa shape index (κ3) is 15.2. The van der Waals surface area contributed by atoms with Crippen molar-refractivity contribution in [1.29, 1.82) is 0 Å². The van der Waals surface area contributed by atoms with Gasteiger partial charge in [0.25, 0.3) is 0 Å². The van der Waals surface area contributed by atoms with Crippen molar-refractivity contribution >= 4 is 0 Å². The number of hydrogen-bond donors (Lipinski definition) is 0. The van der Waals surface area contributed by atoms with Gasteiger partial charge in [0, 0.05) is 0 Å². The van der Waals surface area contributed by atoms with Gasteiger partial charge in [0.1, 0.15) is 0 Å². The number of allylic oxidation sites excluding steroid dienone is 5. The predicted octanol–water partition coefficient (Wildman–Crippen LogP) is 6.21. The molecule has 0 aromatic heterocycles. The Morgan fingerprint density at radius 1 is 0.706 bits per heavy atom. The van der Waals surface area contributed by atoms with Gasteiger partial charge in [0.2, 0.25) is 0 Å². The minimum Gasteiger partial charge on any atom is -0.103 e. The van der Waals surface area contributed by atoms with Crippen LogP contribution in [0.25, 0.3) is 0 Å². The first kappa shape index (κ1) is 16.2. The topological polar surface area (TPSA) is 0 Å². The number of hydrogen-bond acceptors (Lipinski definition) is 0. The van der Waals surface area contributed by atoms with E-state index >= 15 is 0 Å². The van der Waals surface area contributed by atoms with Crippen molar-refractivity contribution in [3.8, 4) is 0 Å². The molecule has 0 nitrogen and oxygen atoms in total. The molecule has 0 aliphatic rings. The highest BCUT2D eigenvalue weighted by Crippen LogP contribution is 2.05. The van der Waals surface area contributed by atoms with Crippen molar-refractivity contribution in [2.75, 3.05) is 0 Å². The molecule has 0 unspecified atom stereocenters. The lowest BCUT2D eigenvalue weighted by Crippen LogP contribution is -1.75. The van der Waals surface area contributed by atoms with Crippen LogP contribution in [0.5, 0.6) is 0 Å². The minimum absolute atomic E-state index is 1.10. The molecule has 17 heavy (non-hydrogen) atoms. The highest BCUT2D eigenvalue weighted by molar-refractivity contribution is 4.92. The van der Waals surface area contributed by atoms with Crippen LogP contribution in [0.3, 0.4) is 0 Å². The van der Waals surface area contributed by atoms with Crippen molar-refractivity contribution in [3.05, 3.63) is 37.0 Å². The summed E-state index contributed by atoms with van der Waals surface area (Å²) in [6, 6.07) is 0. The fraction of sp³-hybridized carbons (Fsp3) is 0.647. The summed E-state index contributed by atoms with van der Waals surface area (Å²) >= 11 is 0. The molecule has 0 aromatic carbocycles. The molecule has 98 valence electrons. The van der Waals surface area contributed by atoms with E-state index in [4.69, 9.17) is 0 Å². The first-order chi connectivity index (χ1) is 8.41. The van der Waals surface area contributed by atoms with E-state index in [0.29, 0.717) is 0 Å². The van der Waals surface area contributed by atoms with Gasteiger partial charge in [-0.3, -0.25) is 0 Å². The monoisotopic (exact) mass is 234 g/mol. The van der Waals surface area contributed by atoms with Gasteiger partial charge < -0.3 is 0 Å². The highest BCUT2D eigenvalue weighted by atomic mass is 13.9. The number of unbranched alkanes of at least 4 members (excludes halogenated alkanes) is 7. The lowest BCUT2D eigenvalue weighted by atomic mass is 10.1. The first-order valence-corrected chi connectivity index (χ1v) is 7.32. The maximum absolute atomic E-state index is 3.72. The van der Waals surface area contributed by atoms with Crippen molar-refractivity contribution in [2.24, 2.45) is 0 Å². The zero-order valence-corrected chi connectivity index (χ0v) is 11.7. The third-order valence-corrected chi connectivity index (χ3v) is 2.86. The van der Waals surface area contributed by atoms with Crippen LogP contribution in [0.4, 0.5) is 0 Å². The van der Waals surface area contributed by atoms with E-state index in [-0.39, 0.29) is 0 Å². The Hall–Kier alpha value is -0.780. The van der Waals surface area contributed by atoms with Crippen LogP contribution in [0.2, 0.25) is 0 Å². The highest BCUT2D eigenvalue weighted by Gasteiger charge is 1.85. The Balaban J connectivity index is 3.16. The van der Waals surface area contributed by atoms with Crippen LogP contribution in [-0.4, -0.2) is 0 Å². The van der Waals surface area contributed by atoms with E-state index in [1.165, 1.54) is 51.4 Å². The first-order valence-electron chi connectivity index (χ1n) is 7.32. The molecule has 0 radical (unpaired) electrons. The van der Waals surface area contributed by atoms with E-state index < -0.39 is 0 Å². The summed E-state index contributed by atoms with van der Waals surface area (Å²) in [5, 5.41) is 0. The Labute approximate surface area is 109 Å². The summed E-state index contributed by atoms with van der Waals surface area (Å²) in [6.07, 6.45) is 24.0. The van der Waals surface area contributed by atoms with Crippen molar-refractivity contribution in [3.63, 3.8) is 0 Å². The van der Waals surface area contributed by atoms with E-state index in [0.717, 1.165) is 12.8 Å². The van der Waals surface area contributed by atoms with Gasteiger partial charge in [0.15, 0.2) is 0 Å². The molecule has 0 fully saturated rings. The van der Waals surface area contributed by atoms with Crippen LogP contribution in [0.1, 0.15) is 71.1 Å². The molecule has 0 rings (SSSR count). The van der Waals surface area contributed by atoms with Crippen molar-refractivity contribution in [2.45, 2.75) is 71.1 Å². The summed E-state index contributed by atoms with van der Waals surface area (Å²) in [5.74, 6) is 0. The summed E-state index contributed by atoms with van der Waals surface area (Å²) in [6.45, 7) is 5.98. The van der Waals surface area contributed by atoms with Crippen molar-refractivity contribution < 1.29 is 0 Å². The summed E-state index contributed by atoms with van der Waals surface area (Å²) in [4.78, 5) is 0. The molecule has 0 N–H and O–H groups in total. The molecule has 0 amide bonds. The molecular weight excluding hydrogens is 204 g/mol. The van der Waals surface area contributed by atoms with Gasteiger partial charge in [-0.1, -0.05) is 63.0 Å². The third-order valence-electron chi connectivity index (χ3n) is 2.86. The molecule has 0 atom stereocenters. The van der Waals surface area contributed by atoms with Gasteiger partial charge in [-0.2, -0.15) is 0 Å². The molecule has 0 aliphatic heterocycles. The molecule has 0 bridgehead atoms. The molecule has 0 heteroatoms. The van der Waals surface area contributed by atoms with Gasteiger partial charge in [-0.15, -0.1) is 6.58 Å². The molecule has 0 spiro atoms. The fourth-order valence-electron chi connectivity index (χ4n) is 1.75. The molecular formula is C17H30. The average molecular weight is 234 g/mol. The second-order valence-electron chi connectivity index (χ2n) is 4.60. The Bertz CT molecular complexity index is 198. The van der Waals surface area contributed by atoms with Crippen LogP contribution < -0.4 is 0 Å². The van der Waals surface area contributed by atoms with Crippen LogP contribution in [0, 0.1) is 0 Å². The molecule has 0 saturated carbocycles. The molecule has 0 saturated heterocycles. The van der Waals surface area contributed by atoms with Crippen LogP contribution in [0.15, 0.2) is 37.0 Å². The zero-order valence-electron chi connectivity index (χ0n) is 11.7. The average Bonchev–Trinajstić information content (AvgIpc) is 2.35. The second kappa shape index (κ2) is 15.2. The largest absolute Gasteiger partial charge is 0.103 e. The Kier molecular flexibility index (Phi) is 14.5. The minimum atomic E-state index is 1.10. The van der Waals surface area contributed by atoms with Crippen LogP contribution in [-0.2, 0) is 0 Å². The van der Waals surface area contributed by atoms with E-state index in [1.54, 1.807) is 0 Å². The Morgan fingerprint density at radius 2 is 1.35 bits per heavy atom. The normalized spacial score (nSPS) is 11.6. The van der Waals surface area contributed by atoms with E-state index in [2.05, 4.69) is 37.8 Å². The SMILES string of the molecule is C=CCCC/C=C/C/C=C/CCCCCCC. The summed E-state index contributed by atoms with van der Waals surface area (Å²) < 4.78 is 0. The fourth-order valence-corrected chi connectivity index (χ4v) is 1.75.